The first-order chi connectivity index (χ1) is 13.5. The molecule has 28 heavy (non-hydrogen) atoms. The Hall–Kier alpha value is -3.18. The van der Waals surface area contributed by atoms with Gasteiger partial charge in [-0.2, -0.15) is 0 Å². The van der Waals surface area contributed by atoms with Crippen molar-refractivity contribution in [2.75, 3.05) is 11.9 Å². The maximum absolute atomic E-state index is 12.4. The summed E-state index contributed by atoms with van der Waals surface area (Å²) in [5, 5.41) is 6.78. The predicted molar refractivity (Wildman–Crippen MR) is 111 cm³/mol. The van der Waals surface area contributed by atoms with Crippen LogP contribution in [0.3, 0.4) is 0 Å². The van der Waals surface area contributed by atoms with E-state index in [1.807, 2.05) is 36.4 Å². The molecule has 1 aromatic heterocycles. The molecular weight excluding hydrogens is 374 g/mol. The average molecular weight is 394 g/mol. The highest BCUT2D eigenvalue weighted by molar-refractivity contribution is 6.30. The van der Waals surface area contributed by atoms with Gasteiger partial charge in [-0.05, 0) is 61.4 Å². The zero-order valence-electron chi connectivity index (χ0n) is 15.4. The standard InChI is InChI=1S/C22H20ClN3O2/c1-15(27)17-4-8-20(9-5-17)26-21-12-18(13-24-14-21)22(28)25-11-10-16-2-6-19(23)7-3-16/h2-9,12-14,26H,10-11H2,1H3,(H,25,28). The molecule has 3 aromatic rings. The number of anilines is 2. The van der Waals surface area contributed by atoms with Crippen molar-refractivity contribution >= 4 is 34.7 Å². The van der Waals surface area contributed by atoms with Crippen LogP contribution in [-0.4, -0.2) is 23.2 Å². The number of rotatable bonds is 7. The van der Waals surface area contributed by atoms with Crippen LogP contribution >= 0.6 is 11.6 Å². The molecule has 0 aliphatic heterocycles. The number of nitrogens with zero attached hydrogens (tertiary/aromatic N) is 1. The first-order valence-electron chi connectivity index (χ1n) is 8.87. The summed E-state index contributed by atoms with van der Waals surface area (Å²) in [4.78, 5) is 27.9. The molecule has 1 amide bonds. The van der Waals surface area contributed by atoms with Gasteiger partial charge in [-0.3, -0.25) is 14.6 Å². The third-order valence-electron chi connectivity index (χ3n) is 4.19. The molecule has 0 bridgehead atoms. The van der Waals surface area contributed by atoms with Crippen LogP contribution in [0, 0.1) is 0 Å². The number of amides is 1. The quantitative estimate of drug-likeness (QED) is 0.573. The molecule has 3 rings (SSSR count). The van der Waals surface area contributed by atoms with Gasteiger partial charge in [-0.25, -0.2) is 0 Å². The van der Waals surface area contributed by atoms with Crippen molar-refractivity contribution in [1.82, 2.24) is 10.3 Å². The normalized spacial score (nSPS) is 10.4. The summed E-state index contributed by atoms with van der Waals surface area (Å²) in [5.74, 6) is -0.164. The van der Waals surface area contributed by atoms with E-state index in [0.717, 1.165) is 17.7 Å². The van der Waals surface area contributed by atoms with Gasteiger partial charge in [-0.1, -0.05) is 23.7 Å². The lowest BCUT2D eigenvalue weighted by Gasteiger charge is -2.09. The number of carbonyl (C=O) groups excluding carboxylic acids is 2. The Morgan fingerprint density at radius 2 is 1.64 bits per heavy atom. The minimum Gasteiger partial charge on any atom is -0.354 e. The molecule has 0 fully saturated rings. The molecule has 5 nitrogen and oxygen atoms in total. The minimum atomic E-state index is -0.183. The van der Waals surface area contributed by atoms with E-state index in [1.165, 1.54) is 13.1 Å². The maximum Gasteiger partial charge on any atom is 0.252 e. The zero-order chi connectivity index (χ0) is 19.9. The Balaban J connectivity index is 1.58. The van der Waals surface area contributed by atoms with E-state index in [9.17, 15) is 9.59 Å². The number of hydrogen-bond acceptors (Lipinski definition) is 4. The Bertz CT molecular complexity index is 970. The van der Waals surface area contributed by atoms with Crippen LogP contribution in [-0.2, 0) is 6.42 Å². The zero-order valence-corrected chi connectivity index (χ0v) is 16.2. The molecule has 1 heterocycles. The molecular formula is C22H20ClN3O2. The van der Waals surface area contributed by atoms with Crippen LogP contribution in [0.1, 0.15) is 33.2 Å². The van der Waals surface area contributed by atoms with Gasteiger partial charge in [0.1, 0.15) is 0 Å². The number of halogens is 1. The van der Waals surface area contributed by atoms with Crippen LogP contribution in [0.25, 0.3) is 0 Å². The number of nitrogens with one attached hydrogen (secondary N) is 2. The van der Waals surface area contributed by atoms with E-state index in [0.29, 0.717) is 28.4 Å². The molecule has 2 aromatic carbocycles. The molecule has 2 N–H and O–H groups in total. The first-order valence-corrected chi connectivity index (χ1v) is 9.25. The van der Waals surface area contributed by atoms with E-state index in [2.05, 4.69) is 15.6 Å². The van der Waals surface area contributed by atoms with Gasteiger partial charge in [-0.15, -0.1) is 0 Å². The molecule has 0 atom stereocenters. The second kappa shape index (κ2) is 9.15. The van der Waals surface area contributed by atoms with Gasteiger partial charge in [0.2, 0.25) is 0 Å². The summed E-state index contributed by atoms with van der Waals surface area (Å²) in [6.45, 7) is 2.05. The van der Waals surface area contributed by atoms with E-state index in [4.69, 9.17) is 11.6 Å². The summed E-state index contributed by atoms with van der Waals surface area (Å²) in [7, 11) is 0. The van der Waals surface area contributed by atoms with Gasteiger partial charge >= 0.3 is 0 Å². The Morgan fingerprint density at radius 1 is 0.929 bits per heavy atom. The molecule has 0 aliphatic rings. The molecule has 0 saturated carbocycles. The van der Waals surface area contributed by atoms with E-state index >= 15 is 0 Å². The molecule has 0 radical (unpaired) electrons. The van der Waals surface area contributed by atoms with Crippen LogP contribution in [0.4, 0.5) is 11.4 Å². The van der Waals surface area contributed by atoms with Gasteiger partial charge in [0.15, 0.2) is 5.78 Å². The minimum absolute atomic E-state index is 0.0190. The number of hydrogen-bond donors (Lipinski definition) is 2. The Kier molecular flexibility index (Phi) is 6.40. The van der Waals surface area contributed by atoms with Crippen molar-refractivity contribution < 1.29 is 9.59 Å². The number of Topliss-reactive ketones (excluding diaryl/α,β-unsaturated/α-hetero) is 1. The fourth-order valence-corrected chi connectivity index (χ4v) is 2.79. The number of pyridine rings is 1. The van der Waals surface area contributed by atoms with E-state index in [-0.39, 0.29) is 11.7 Å². The SMILES string of the molecule is CC(=O)c1ccc(Nc2cncc(C(=O)NCCc3ccc(Cl)cc3)c2)cc1. The lowest BCUT2D eigenvalue weighted by molar-refractivity contribution is 0.0952. The highest BCUT2D eigenvalue weighted by atomic mass is 35.5. The fraction of sp³-hybridized carbons (Fsp3) is 0.136. The third-order valence-corrected chi connectivity index (χ3v) is 4.45. The largest absolute Gasteiger partial charge is 0.354 e. The molecule has 0 unspecified atom stereocenters. The lowest BCUT2D eigenvalue weighted by Crippen LogP contribution is -2.25. The highest BCUT2D eigenvalue weighted by Gasteiger charge is 2.07. The summed E-state index contributed by atoms with van der Waals surface area (Å²) in [5.41, 5.74) is 3.74. The molecule has 6 heteroatoms. The Morgan fingerprint density at radius 3 is 2.32 bits per heavy atom. The molecule has 142 valence electrons. The van der Waals surface area contributed by atoms with Gasteiger partial charge < -0.3 is 10.6 Å². The van der Waals surface area contributed by atoms with Crippen molar-refractivity contribution in [3.05, 3.63) is 88.7 Å². The van der Waals surface area contributed by atoms with Gasteiger partial charge in [0.05, 0.1) is 17.4 Å². The van der Waals surface area contributed by atoms with E-state index in [1.54, 1.807) is 24.4 Å². The Labute approximate surface area is 168 Å². The molecule has 0 aliphatic carbocycles. The monoisotopic (exact) mass is 393 g/mol. The smallest absolute Gasteiger partial charge is 0.252 e. The topological polar surface area (TPSA) is 71.1 Å². The van der Waals surface area contributed by atoms with Crippen molar-refractivity contribution in [3.8, 4) is 0 Å². The molecule has 0 saturated heterocycles. The second-order valence-corrected chi connectivity index (χ2v) is 6.79. The number of carbonyl (C=O) groups is 2. The van der Waals surface area contributed by atoms with Crippen LogP contribution in [0.2, 0.25) is 5.02 Å². The average Bonchev–Trinajstić information content (AvgIpc) is 2.70. The van der Waals surface area contributed by atoms with Crippen molar-refractivity contribution in [3.63, 3.8) is 0 Å². The van der Waals surface area contributed by atoms with Crippen LogP contribution < -0.4 is 10.6 Å². The van der Waals surface area contributed by atoms with Crippen molar-refractivity contribution in [2.24, 2.45) is 0 Å². The van der Waals surface area contributed by atoms with E-state index < -0.39 is 0 Å². The lowest BCUT2D eigenvalue weighted by atomic mass is 10.1. The second-order valence-electron chi connectivity index (χ2n) is 6.35. The van der Waals surface area contributed by atoms with Crippen molar-refractivity contribution in [2.45, 2.75) is 13.3 Å². The van der Waals surface area contributed by atoms with Crippen molar-refractivity contribution in [1.29, 1.82) is 0 Å². The summed E-state index contributed by atoms with van der Waals surface area (Å²) >= 11 is 5.87. The number of aromatic nitrogens is 1. The molecule has 0 spiro atoms. The fourth-order valence-electron chi connectivity index (χ4n) is 2.66. The number of benzene rings is 2. The predicted octanol–water partition coefficient (Wildman–Crippen LogP) is 4.65. The summed E-state index contributed by atoms with van der Waals surface area (Å²) in [6.07, 6.45) is 3.89. The highest BCUT2D eigenvalue weighted by Crippen LogP contribution is 2.18. The van der Waals surface area contributed by atoms with Gasteiger partial charge in [0, 0.05) is 29.0 Å². The first kappa shape index (κ1) is 19.6. The number of ketones is 1. The maximum atomic E-state index is 12.4. The third kappa shape index (κ3) is 5.41. The van der Waals surface area contributed by atoms with Crippen LogP contribution in [0.5, 0.6) is 0 Å². The summed E-state index contributed by atoms with van der Waals surface area (Å²) in [6, 6.07) is 16.4. The van der Waals surface area contributed by atoms with Gasteiger partial charge in [0.25, 0.3) is 5.91 Å². The van der Waals surface area contributed by atoms with Crippen LogP contribution in [0.15, 0.2) is 67.0 Å². The summed E-state index contributed by atoms with van der Waals surface area (Å²) < 4.78 is 0.